The summed E-state index contributed by atoms with van der Waals surface area (Å²) in [7, 11) is 0. The molecule has 0 aliphatic heterocycles. The lowest BCUT2D eigenvalue weighted by Crippen LogP contribution is -2.10. The lowest BCUT2D eigenvalue weighted by Gasteiger charge is -2.12. The van der Waals surface area contributed by atoms with Gasteiger partial charge in [-0.3, -0.25) is 4.79 Å². The Morgan fingerprint density at radius 1 is 1.53 bits per heavy atom. The maximum atomic E-state index is 10.8. The van der Waals surface area contributed by atoms with Crippen LogP contribution in [0.15, 0.2) is 18.2 Å². The molecule has 1 unspecified atom stereocenters. The van der Waals surface area contributed by atoms with Gasteiger partial charge in [0.05, 0.1) is 12.2 Å². The van der Waals surface area contributed by atoms with Crippen LogP contribution in [0, 0.1) is 11.3 Å². The van der Waals surface area contributed by atoms with Crippen molar-refractivity contribution in [3.8, 4) is 17.6 Å². The second kappa shape index (κ2) is 6.54. The summed E-state index contributed by atoms with van der Waals surface area (Å²) in [4.78, 5) is 10.8. The molecule has 4 heteroatoms. The lowest BCUT2D eigenvalue weighted by atomic mass is 10.2. The summed E-state index contributed by atoms with van der Waals surface area (Å²) in [5, 5.41) is 8.68. The summed E-state index contributed by atoms with van der Waals surface area (Å²) in [6.07, 6.45) is 0.999. The minimum atomic E-state index is -0.602. The molecule has 17 heavy (non-hydrogen) atoms. The first-order valence-corrected chi connectivity index (χ1v) is 5.49. The van der Waals surface area contributed by atoms with Gasteiger partial charge in [0.1, 0.15) is 17.6 Å². The summed E-state index contributed by atoms with van der Waals surface area (Å²) in [6.45, 7) is 4.23. The van der Waals surface area contributed by atoms with Crippen LogP contribution < -0.4 is 9.47 Å². The van der Waals surface area contributed by atoms with Gasteiger partial charge in [0.15, 0.2) is 12.4 Å². The van der Waals surface area contributed by atoms with Gasteiger partial charge in [-0.2, -0.15) is 5.26 Å². The highest BCUT2D eigenvalue weighted by Gasteiger charge is 2.09. The first kappa shape index (κ1) is 13.0. The van der Waals surface area contributed by atoms with E-state index in [1.165, 1.54) is 0 Å². The van der Waals surface area contributed by atoms with Crippen LogP contribution in [0.25, 0.3) is 0 Å². The van der Waals surface area contributed by atoms with Crippen molar-refractivity contribution in [3.05, 3.63) is 23.8 Å². The standard InChI is InChI=1S/C13H15NO3/c1-3-6-16-12-5-4-11(9-15)13(7-12)17-10(2)8-14/h4-5,7,9-10H,3,6H2,1-2H3. The molecule has 0 bridgehead atoms. The largest absolute Gasteiger partial charge is 0.493 e. The highest BCUT2D eigenvalue weighted by atomic mass is 16.5. The van der Waals surface area contributed by atoms with Crippen LogP contribution in [0.3, 0.4) is 0 Å². The van der Waals surface area contributed by atoms with Crippen molar-refractivity contribution < 1.29 is 14.3 Å². The normalized spacial score (nSPS) is 11.4. The summed E-state index contributed by atoms with van der Waals surface area (Å²) in [6, 6.07) is 6.91. The van der Waals surface area contributed by atoms with Crippen molar-refractivity contribution >= 4 is 6.29 Å². The van der Waals surface area contributed by atoms with E-state index in [4.69, 9.17) is 14.7 Å². The van der Waals surface area contributed by atoms with E-state index in [0.29, 0.717) is 30.0 Å². The average molecular weight is 233 g/mol. The molecule has 0 fully saturated rings. The van der Waals surface area contributed by atoms with Crippen molar-refractivity contribution in [2.75, 3.05) is 6.61 Å². The zero-order valence-corrected chi connectivity index (χ0v) is 9.97. The van der Waals surface area contributed by atoms with Crippen LogP contribution in [-0.4, -0.2) is 19.0 Å². The van der Waals surface area contributed by atoms with Crippen molar-refractivity contribution in [2.24, 2.45) is 0 Å². The van der Waals surface area contributed by atoms with Crippen LogP contribution in [0.5, 0.6) is 11.5 Å². The number of hydrogen-bond donors (Lipinski definition) is 0. The molecule has 1 atom stereocenters. The Hall–Kier alpha value is -2.02. The summed E-state index contributed by atoms with van der Waals surface area (Å²) < 4.78 is 10.8. The molecule has 0 N–H and O–H groups in total. The Morgan fingerprint density at radius 2 is 2.29 bits per heavy atom. The van der Waals surface area contributed by atoms with E-state index in [1.54, 1.807) is 25.1 Å². The topological polar surface area (TPSA) is 59.3 Å². The van der Waals surface area contributed by atoms with E-state index in [1.807, 2.05) is 13.0 Å². The number of nitriles is 1. The molecule has 0 heterocycles. The minimum absolute atomic E-state index is 0.377. The number of carbonyl (C=O) groups excluding carboxylic acids is 1. The number of carbonyl (C=O) groups is 1. The molecule has 0 aliphatic rings. The number of ether oxygens (including phenoxy) is 2. The quantitative estimate of drug-likeness (QED) is 0.708. The Morgan fingerprint density at radius 3 is 2.88 bits per heavy atom. The second-order valence-corrected chi connectivity index (χ2v) is 3.56. The van der Waals surface area contributed by atoms with Crippen LogP contribution in [0.2, 0.25) is 0 Å². The van der Waals surface area contributed by atoms with Crippen molar-refractivity contribution in [1.82, 2.24) is 0 Å². The highest BCUT2D eigenvalue weighted by molar-refractivity contribution is 5.79. The van der Waals surface area contributed by atoms with Gasteiger partial charge in [0.25, 0.3) is 0 Å². The molecule has 0 aromatic heterocycles. The van der Waals surface area contributed by atoms with E-state index in [2.05, 4.69) is 0 Å². The van der Waals surface area contributed by atoms with Crippen molar-refractivity contribution in [2.45, 2.75) is 26.4 Å². The van der Waals surface area contributed by atoms with E-state index >= 15 is 0 Å². The SMILES string of the molecule is CCCOc1ccc(C=O)c(OC(C)C#N)c1. The summed E-state index contributed by atoms with van der Waals surface area (Å²) in [5.74, 6) is 1.01. The molecule has 1 aromatic carbocycles. The number of aldehydes is 1. The Balaban J connectivity index is 2.90. The highest BCUT2D eigenvalue weighted by Crippen LogP contribution is 2.24. The molecule has 0 radical (unpaired) electrons. The molecular formula is C13H15NO3. The average Bonchev–Trinajstić information content (AvgIpc) is 2.36. The molecule has 0 saturated carbocycles. The number of nitrogens with zero attached hydrogens (tertiary/aromatic N) is 1. The van der Waals surface area contributed by atoms with E-state index in [-0.39, 0.29) is 0 Å². The third-order valence-corrected chi connectivity index (χ3v) is 2.07. The third kappa shape index (κ3) is 3.80. The molecular weight excluding hydrogens is 218 g/mol. The van der Waals surface area contributed by atoms with Gasteiger partial charge in [0.2, 0.25) is 0 Å². The molecule has 0 saturated heterocycles. The molecule has 1 aromatic rings. The molecule has 1 rings (SSSR count). The number of hydrogen-bond acceptors (Lipinski definition) is 4. The van der Waals surface area contributed by atoms with Crippen molar-refractivity contribution in [3.63, 3.8) is 0 Å². The maximum Gasteiger partial charge on any atom is 0.181 e. The molecule has 0 amide bonds. The number of rotatable bonds is 6. The lowest BCUT2D eigenvalue weighted by molar-refractivity contribution is 0.111. The van der Waals surface area contributed by atoms with Gasteiger partial charge < -0.3 is 9.47 Å². The van der Waals surface area contributed by atoms with Gasteiger partial charge in [-0.25, -0.2) is 0 Å². The second-order valence-electron chi connectivity index (χ2n) is 3.56. The smallest absolute Gasteiger partial charge is 0.181 e. The zero-order valence-electron chi connectivity index (χ0n) is 9.97. The van der Waals surface area contributed by atoms with Gasteiger partial charge in [-0.05, 0) is 25.5 Å². The van der Waals surface area contributed by atoms with Crippen LogP contribution in [-0.2, 0) is 0 Å². The Kier molecular flexibility index (Phi) is 5.02. The monoisotopic (exact) mass is 233 g/mol. The minimum Gasteiger partial charge on any atom is -0.493 e. The first-order chi connectivity index (χ1) is 8.21. The van der Waals surface area contributed by atoms with Gasteiger partial charge in [-0.15, -0.1) is 0 Å². The van der Waals surface area contributed by atoms with E-state index in [0.717, 1.165) is 6.42 Å². The van der Waals surface area contributed by atoms with E-state index in [9.17, 15) is 4.79 Å². The predicted octanol–water partition coefficient (Wildman–Crippen LogP) is 2.58. The van der Waals surface area contributed by atoms with Gasteiger partial charge in [-0.1, -0.05) is 6.92 Å². The fraction of sp³-hybridized carbons (Fsp3) is 0.385. The van der Waals surface area contributed by atoms with Crippen LogP contribution in [0.4, 0.5) is 0 Å². The molecule has 90 valence electrons. The maximum absolute atomic E-state index is 10.8. The summed E-state index contributed by atoms with van der Waals surface area (Å²) in [5.41, 5.74) is 0.413. The fourth-order valence-electron chi connectivity index (χ4n) is 1.24. The Bertz CT molecular complexity index is 423. The third-order valence-electron chi connectivity index (χ3n) is 2.07. The van der Waals surface area contributed by atoms with Gasteiger partial charge >= 0.3 is 0 Å². The van der Waals surface area contributed by atoms with Crippen LogP contribution >= 0.6 is 0 Å². The Labute approximate surface area is 101 Å². The molecule has 0 spiro atoms. The van der Waals surface area contributed by atoms with Crippen LogP contribution in [0.1, 0.15) is 30.6 Å². The zero-order chi connectivity index (χ0) is 12.7. The van der Waals surface area contributed by atoms with E-state index < -0.39 is 6.10 Å². The van der Waals surface area contributed by atoms with Gasteiger partial charge in [0, 0.05) is 6.07 Å². The number of benzene rings is 1. The molecule has 4 nitrogen and oxygen atoms in total. The predicted molar refractivity (Wildman–Crippen MR) is 63.3 cm³/mol. The first-order valence-electron chi connectivity index (χ1n) is 5.49. The fourth-order valence-corrected chi connectivity index (χ4v) is 1.24. The van der Waals surface area contributed by atoms with Crippen molar-refractivity contribution in [1.29, 1.82) is 5.26 Å². The summed E-state index contributed by atoms with van der Waals surface area (Å²) >= 11 is 0. The molecule has 0 aliphatic carbocycles.